The highest BCUT2D eigenvalue weighted by Gasteiger charge is 2.26. The van der Waals surface area contributed by atoms with Crippen molar-refractivity contribution in [3.63, 3.8) is 0 Å². The summed E-state index contributed by atoms with van der Waals surface area (Å²) in [6.07, 6.45) is 0.807. The van der Waals surface area contributed by atoms with Crippen LogP contribution in [0.5, 0.6) is 11.5 Å². The smallest absolute Gasteiger partial charge is 0.276 e. The summed E-state index contributed by atoms with van der Waals surface area (Å²) in [7, 11) is 0. The predicted molar refractivity (Wildman–Crippen MR) is 106 cm³/mol. The van der Waals surface area contributed by atoms with Crippen molar-refractivity contribution in [2.75, 3.05) is 12.1 Å². The van der Waals surface area contributed by atoms with Gasteiger partial charge < -0.3 is 19.5 Å². The first-order chi connectivity index (χ1) is 14.2. The predicted octanol–water partition coefficient (Wildman–Crippen LogP) is 3.70. The number of hydrogen-bond donors (Lipinski definition) is 1. The number of aryl methyl sites for hydroxylation is 1. The lowest BCUT2D eigenvalue weighted by Crippen LogP contribution is -2.22. The van der Waals surface area contributed by atoms with Crippen molar-refractivity contribution in [1.29, 1.82) is 0 Å². The van der Waals surface area contributed by atoms with Crippen molar-refractivity contribution in [2.45, 2.75) is 32.6 Å². The van der Waals surface area contributed by atoms with Crippen LogP contribution >= 0.6 is 0 Å². The molecular formula is C22H21N3O4. The van der Waals surface area contributed by atoms with Crippen LogP contribution in [0.15, 0.2) is 48.5 Å². The molecule has 0 radical (unpaired) electrons. The number of aromatic nitrogens is 2. The third kappa shape index (κ3) is 3.45. The minimum absolute atomic E-state index is 0.158. The Balaban J connectivity index is 1.30. The van der Waals surface area contributed by atoms with Gasteiger partial charge in [-0.05, 0) is 47.9 Å². The van der Waals surface area contributed by atoms with E-state index in [1.807, 2.05) is 47.1 Å². The number of carbonyl (C=O) groups excluding carboxylic acids is 1. The summed E-state index contributed by atoms with van der Waals surface area (Å²) in [5.74, 6) is 1.25. The molecule has 0 fully saturated rings. The van der Waals surface area contributed by atoms with Crippen LogP contribution in [0.3, 0.4) is 0 Å². The first kappa shape index (κ1) is 17.8. The third-order valence-electron chi connectivity index (χ3n) is 5.26. The number of anilines is 1. The molecule has 7 heteroatoms. The zero-order chi connectivity index (χ0) is 19.8. The average molecular weight is 391 g/mol. The summed E-state index contributed by atoms with van der Waals surface area (Å²) in [5.41, 5.74) is 4.25. The van der Waals surface area contributed by atoms with Crippen molar-refractivity contribution in [3.8, 4) is 11.5 Å². The monoisotopic (exact) mass is 391 g/mol. The van der Waals surface area contributed by atoms with E-state index in [1.54, 1.807) is 6.07 Å². The van der Waals surface area contributed by atoms with Gasteiger partial charge in [0.1, 0.15) is 6.10 Å². The summed E-state index contributed by atoms with van der Waals surface area (Å²) in [5, 5.41) is 7.40. The maximum absolute atomic E-state index is 12.6. The Morgan fingerprint density at radius 1 is 1.14 bits per heavy atom. The molecule has 2 aliphatic rings. The van der Waals surface area contributed by atoms with Crippen LogP contribution in [-0.4, -0.2) is 22.5 Å². The number of rotatable bonds is 4. The van der Waals surface area contributed by atoms with E-state index in [0.717, 1.165) is 34.9 Å². The Bertz CT molecular complexity index is 1060. The average Bonchev–Trinajstić information content (AvgIpc) is 3.40. The number of carbonyl (C=O) groups is 1. The van der Waals surface area contributed by atoms with Gasteiger partial charge in [-0.25, -0.2) is 0 Å². The Hall–Kier alpha value is -3.32. The standard InChI is InChI=1S/C22H21N3O4/c1-2-14-3-6-16(7-4-14)23-22(26)18-10-17-12-27-21(11-25(17)24-18)15-5-8-19-20(9-15)29-13-28-19/h3-10,21H,2,11-13H2,1H3,(H,23,26)/t21-/m1/s1. The second kappa shape index (κ2) is 7.25. The summed E-state index contributed by atoms with van der Waals surface area (Å²) < 4.78 is 18.7. The molecule has 3 aromatic rings. The van der Waals surface area contributed by atoms with Crippen LogP contribution in [0, 0.1) is 0 Å². The van der Waals surface area contributed by atoms with E-state index in [9.17, 15) is 4.79 Å². The van der Waals surface area contributed by atoms with Crippen LogP contribution in [0.25, 0.3) is 0 Å². The third-order valence-corrected chi connectivity index (χ3v) is 5.26. The van der Waals surface area contributed by atoms with Gasteiger partial charge in [-0.1, -0.05) is 25.1 Å². The van der Waals surface area contributed by atoms with Crippen molar-refractivity contribution >= 4 is 11.6 Å². The molecule has 7 nitrogen and oxygen atoms in total. The van der Waals surface area contributed by atoms with E-state index in [2.05, 4.69) is 17.3 Å². The lowest BCUT2D eigenvalue weighted by atomic mass is 10.1. The molecular weight excluding hydrogens is 370 g/mol. The van der Waals surface area contributed by atoms with Crippen molar-refractivity contribution < 1.29 is 19.0 Å². The summed E-state index contributed by atoms with van der Waals surface area (Å²) >= 11 is 0. The summed E-state index contributed by atoms with van der Waals surface area (Å²) in [6.45, 7) is 3.27. The first-order valence-electron chi connectivity index (χ1n) is 9.68. The Morgan fingerprint density at radius 2 is 1.97 bits per heavy atom. The zero-order valence-electron chi connectivity index (χ0n) is 16.1. The van der Waals surface area contributed by atoms with Crippen LogP contribution in [0.1, 0.15) is 40.3 Å². The fourth-order valence-electron chi connectivity index (χ4n) is 3.57. The minimum Gasteiger partial charge on any atom is -0.454 e. The van der Waals surface area contributed by atoms with E-state index in [-0.39, 0.29) is 18.8 Å². The Labute approximate surface area is 168 Å². The molecule has 29 heavy (non-hydrogen) atoms. The molecule has 1 atom stereocenters. The molecule has 148 valence electrons. The number of benzene rings is 2. The van der Waals surface area contributed by atoms with E-state index >= 15 is 0 Å². The zero-order valence-corrected chi connectivity index (χ0v) is 16.1. The van der Waals surface area contributed by atoms with Crippen molar-refractivity contribution in [2.24, 2.45) is 0 Å². The van der Waals surface area contributed by atoms with Gasteiger partial charge in [-0.15, -0.1) is 0 Å². The number of nitrogens with zero attached hydrogens (tertiary/aromatic N) is 2. The second-order valence-electron chi connectivity index (χ2n) is 7.12. The van der Waals surface area contributed by atoms with Gasteiger partial charge >= 0.3 is 0 Å². The molecule has 0 saturated heterocycles. The maximum atomic E-state index is 12.6. The molecule has 2 aromatic carbocycles. The topological polar surface area (TPSA) is 74.6 Å². The van der Waals surface area contributed by atoms with Crippen LogP contribution in [-0.2, 0) is 24.3 Å². The highest BCUT2D eigenvalue weighted by molar-refractivity contribution is 6.02. The van der Waals surface area contributed by atoms with Crippen LogP contribution < -0.4 is 14.8 Å². The molecule has 0 spiro atoms. The molecule has 1 aromatic heterocycles. The van der Waals surface area contributed by atoms with E-state index in [4.69, 9.17) is 14.2 Å². The van der Waals surface area contributed by atoms with E-state index in [1.165, 1.54) is 5.56 Å². The minimum atomic E-state index is -0.226. The molecule has 1 N–H and O–H groups in total. The normalized spacial score (nSPS) is 17.1. The largest absolute Gasteiger partial charge is 0.454 e. The van der Waals surface area contributed by atoms with Gasteiger partial charge in [0.2, 0.25) is 6.79 Å². The highest BCUT2D eigenvalue weighted by Crippen LogP contribution is 2.36. The quantitative estimate of drug-likeness (QED) is 0.734. The Morgan fingerprint density at radius 3 is 2.79 bits per heavy atom. The first-order valence-corrected chi connectivity index (χ1v) is 9.68. The number of amides is 1. The summed E-state index contributed by atoms with van der Waals surface area (Å²) in [4.78, 5) is 12.6. The molecule has 0 aliphatic carbocycles. The fraction of sp³-hybridized carbons (Fsp3) is 0.273. The molecule has 5 rings (SSSR count). The van der Waals surface area contributed by atoms with Crippen molar-refractivity contribution in [3.05, 3.63) is 71.0 Å². The lowest BCUT2D eigenvalue weighted by molar-refractivity contribution is -0.00127. The molecule has 1 amide bonds. The van der Waals surface area contributed by atoms with Crippen molar-refractivity contribution in [1.82, 2.24) is 9.78 Å². The number of ether oxygens (including phenoxy) is 3. The van der Waals surface area contributed by atoms with Gasteiger partial charge in [0.15, 0.2) is 17.2 Å². The molecule has 2 aliphatic heterocycles. The van der Waals surface area contributed by atoms with Gasteiger partial charge in [0, 0.05) is 5.69 Å². The fourth-order valence-corrected chi connectivity index (χ4v) is 3.57. The number of hydrogen-bond acceptors (Lipinski definition) is 5. The Kier molecular flexibility index (Phi) is 4.44. The van der Waals surface area contributed by atoms with E-state index < -0.39 is 0 Å². The van der Waals surface area contributed by atoms with E-state index in [0.29, 0.717) is 18.8 Å². The lowest BCUT2D eigenvalue weighted by Gasteiger charge is -2.24. The molecule has 3 heterocycles. The maximum Gasteiger partial charge on any atom is 0.276 e. The van der Waals surface area contributed by atoms with Gasteiger partial charge in [0.05, 0.1) is 18.8 Å². The number of fused-ring (bicyclic) bond motifs is 2. The van der Waals surface area contributed by atoms with Gasteiger partial charge in [-0.3, -0.25) is 9.48 Å². The summed E-state index contributed by atoms with van der Waals surface area (Å²) in [6, 6.07) is 15.4. The molecule has 0 unspecified atom stereocenters. The molecule has 0 saturated carbocycles. The second-order valence-corrected chi connectivity index (χ2v) is 7.12. The van der Waals surface area contributed by atoms with Crippen LogP contribution in [0.2, 0.25) is 0 Å². The highest BCUT2D eigenvalue weighted by atomic mass is 16.7. The van der Waals surface area contributed by atoms with Gasteiger partial charge in [-0.2, -0.15) is 5.10 Å². The number of nitrogens with one attached hydrogen (secondary N) is 1. The SMILES string of the molecule is CCc1ccc(NC(=O)c2cc3n(n2)C[C@H](c2ccc4c(c2)OCO4)OC3)cc1. The van der Waals surface area contributed by atoms with Crippen LogP contribution in [0.4, 0.5) is 5.69 Å². The van der Waals surface area contributed by atoms with Gasteiger partial charge in [0.25, 0.3) is 5.91 Å². The molecule has 0 bridgehead atoms.